The molecule has 2 aromatic rings. The van der Waals surface area contributed by atoms with Crippen LogP contribution in [0.1, 0.15) is 18.2 Å². The van der Waals surface area contributed by atoms with Crippen molar-refractivity contribution < 1.29 is 18.8 Å². The number of anilines is 1. The summed E-state index contributed by atoms with van der Waals surface area (Å²) in [5.41, 5.74) is 0.936. The molecule has 0 aliphatic carbocycles. The molecular weight excluding hydrogens is 272 g/mol. The van der Waals surface area contributed by atoms with Gasteiger partial charge in [0.15, 0.2) is 5.82 Å². The number of methoxy groups -OCH3 is 1. The van der Waals surface area contributed by atoms with Crippen LogP contribution in [-0.4, -0.2) is 24.3 Å². The molecular formula is C15H18N2O4. The average Bonchev–Trinajstić information content (AvgIpc) is 2.90. The Kier molecular flexibility index (Phi) is 4.94. The van der Waals surface area contributed by atoms with Crippen LogP contribution in [0, 0.1) is 6.92 Å². The summed E-state index contributed by atoms with van der Waals surface area (Å²) in [5.74, 6) is 1.50. The quantitative estimate of drug-likeness (QED) is 0.885. The largest absolute Gasteiger partial charge is 0.497 e. The molecule has 0 fully saturated rings. The number of carbonyl (C=O) groups is 1. The zero-order valence-electron chi connectivity index (χ0n) is 12.3. The molecule has 0 bridgehead atoms. The Balaban J connectivity index is 1.85. The normalized spacial score (nSPS) is 12.0. The highest BCUT2D eigenvalue weighted by Gasteiger charge is 2.15. The fourth-order valence-corrected chi connectivity index (χ4v) is 1.71. The maximum atomic E-state index is 11.9. The number of carbonyl (C=O) groups excluding carboxylic acids is 1. The Hall–Kier alpha value is -2.34. The minimum Gasteiger partial charge on any atom is -0.497 e. The van der Waals surface area contributed by atoms with E-state index in [9.17, 15) is 4.79 Å². The maximum absolute atomic E-state index is 11.9. The van der Waals surface area contributed by atoms with Gasteiger partial charge in [-0.15, -0.1) is 0 Å². The van der Waals surface area contributed by atoms with E-state index in [2.05, 4.69) is 10.5 Å². The number of amides is 1. The van der Waals surface area contributed by atoms with E-state index < -0.39 is 6.10 Å². The summed E-state index contributed by atoms with van der Waals surface area (Å²) in [6.45, 7) is 3.76. The van der Waals surface area contributed by atoms with Crippen LogP contribution in [0.3, 0.4) is 0 Å². The van der Waals surface area contributed by atoms with Crippen LogP contribution < -0.4 is 10.1 Å². The number of benzene rings is 1. The van der Waals surface area contributed by atoms with Crippen molar-refractivity contribution in [1.82, 2.24) is 5.16 Å². The molecule has 112 valence electrons. The molecule has 6 heteroatoms. The van der Waals surface area contributed by atoms with Crippen molar-refractivity contribution in [2.24, 2.45) is 0 Å². The number of nitrogens with zero attached hydrogens (tertiary/aromatic N) is 1. The van der Waals surface area contributed by atoms with Crippen molar-refractivity contribution in [3.63, 3.8) is 0 Å². The Morgan fingerprint density at radius 1 is 1.43 bits per heavy atom. The third kappa shape index (κ3) is 4.32. The van der Waals surface area contributed by atoms with E-state index in [1.165, 1.54) is 0 Å². The van der Waals surface area contributed by atoms with Crippen molar-refractivity contribution in [3.8, 4) is 5.75 Å². The molecule has 2 rings (SSSR count). The molecule has 21 heavy (non-hydrogen) atoms. The Labute approximate surface area is 123 Å². The van der Waals surface area contributed by atoms with E-state index in [1.807, 2.05) is 24.3 Å². The van der Waals surface area contributed by atoms with Gasteiger partial charge in [-0.05, 0) is 31.5 Å². The molecule has 0 radical (unpaired) electrons. The number of aromatic nitrogens is 1. The van der Waals surface area contributed by atoms with Crippen molar-refractivity contribution in [2.45, 2.75) is 26.6 Å². The molecule has 6 nitrogen and oxygen atoms in total. The zero-order valence-corrected chi connectivity index (χ0v) is 12.3. The number of hydrogen-bond donors (Lipinski definition) is 1. The van der Waals surface area contributed by atoms with Gasteiger partial charge in [0.05, 0.1) is 13.7 Å². The van der Waals surface area contributed by atoms with E-state index in [-0.39, 0.29) is 5.91 Å². The first-order valence-electron chi connectivity index (χ1n) is 6.57. The van der Waals surface area contributed by atoms with Gasteiger partial charge in [-0.25, -0.2) is 0 Å². The summed E-state index contributed by atoms with van der Waals surface area (Å²) in [5, 5.41) is 6.33. The first-order valence-corrected chi connectivity index (χ1v) is 6.57. The van der Waals surface area contributed by atoms with Gasteiger partial charge >= 0.3 is 0 Å². The Morgan fingerprint density at radius 3 is 2.90 bits per heavy atom. The van der Waals surface area contributed by atoms with Crippen LogP contribution in [-0.2, 0) is 16.1 Å². The minimum absolute atomic E-state index is 0.272. The molecule has 1 aromatic heterocycles. The lowest BCUT2D eigenvalue weighted by Crippen LogP contribution is -2.27. The van der Waals surface area contributed by atoms with Gasteiger partial charge < -0.3 is 19.3 Å². The average molecular weight is 290 g/mol. The number of ether oxygens (including phenoxy) is 2. The second-order valence-electron chi connectivity index (χ2n) is 4.62. The summed E-state index contributed by atoms with van der Waals surface area (Å²) in [6.07, 6.45) is -0.604. The first-order chi connectivity index (χ1) is 10.1. The first kappa shape index (κ1) is 15.1. The number of aryl methyl sites for hydroxylation is 1. The predicted octanol–water partition coefficient (Wildman–Crippen LogP) is 2.54. The van der Waals surface area contributed by atoms with Crippen LogP contribution in [0.25, 0.3) is 0 Å². The third-order valence-electron chi connectivity index (χ3n) is 2.88. The molecule has 0 aliphatic rings. The van der Waals surface area contributed by atoms with Gasteiger partial charge in [0.25, 0.3) is 5.91 Å². The SMILES string of the molecule is COc1cccc(CO[C@H](C)C(=O)Nc2cc(C)on2)c1. The standard InChI is InChI=1S/C15H18N2O4/c1-10-7-14(17-21-10)16-15(18)11(2)20-9-12-5-4-6-13(8-12)19-3/h4-8,11H,9H2,1-3H3,(H,16,17,18)/t11-/m1/s1. The molecule has 0 unspecified atom stereocenters. The monoisotopic (exact) mass is 290 g/mol. The van der Waals surface area contributed by atoms with E-state index in [4.69, 9.17) is 14.0 Å². The predicted molar refractivity (Wildman–Crippen MR) is 77.1 cm³/mol. The smallest absolute Gasteiger partial charge is 0.254 e. The van der Waals surface area contributed by atoms with Gasteiger partial charge in [0, 0.05) is 6.07 Å². The second kappa shape index (κ2) is 6.90. The molecule has 1 N–H and O–H groups in total. The van der Waals surface area contributed by atoms with Crippen LogP contribution in [0.5, 0.6) is 5.75 Å². The van der Waals surface area contributed by atoms with Crippen LogP contribution in [0.15, 0.2) is 34.9 Å². The van der Waals surface area contributed by atoms with Crippen LogP contribution >= 0.6 is 0 Å². The van der Waals surface area contributed by atoms with Gasteiger partial charge in [-0.1, -0.05) is 17.3 Å². The van der Waals surface area contributed by atoms with Crippen molar-refractivity contribution >= 4 is 11.7 Å². The highest BCUT2D eigenvalue weighted by atomic mass is 16.5. The third-order valence-corrected chi connectivity index (χ3v) is 2.88. The second-order valence-corrected chi connectivity index (χ2v) is 4.62. The number of nitrogens with one attached hydrogen (secondary N) is 1. The fourth-order valence-electron chi connectivity index (χ4n) is 1.71. The molecule has 1 heterocycles. The zero-order chi connectivity index (χ0) is 15.2. The van der Waals surface area contributed by atoms with Crippen molar-refractivity contribution in [3.05, 3.63) is 41.7 Å². The van der Waals surface area contributed by atoms with Gasteiger partial charge in [0.1, 0.15) is 17.6 Å². The summed E-state index contributed by atoms with van der Waals surface area (Å²) in [7, 11) is 1.61. The summed E-state index contributed by atoms with van der Waals surface area (Å²) >= 11 is 0. The molecule has 0 aliphatic heterocycles. The van der Waals surface area contributed by atoms with E-state index in [0.717, 1.165) is 11.3 Å². The topological polar surface area (TPSA) is 73.6 Å². The van der Waals surface area contributed by atoms with E-state index in [0.29, 0.717) is 18.2 Å². The Morgan fingerprint density at radius 2 is 2.24 bits per heavy atom. The molecule has 0 spiro atoms. The van der Waals surface area contributed by atoms with Crippen LogP contribution in [0.2, 0.25) is 0 Å². The summed E-state index contributed by atoms with van der Waals surface area (Å²) in [4.78, 5) is 11.9. The van der Waals surface area contributed by atoms with E-state index in [1.54, 1.807) is 27.0 Å². The van der Waals surface area contributed by atoms with Gasteiger partial charge in [-0.3, -0.25) is 4.79 Å². The van der Waals surface area contributed by atoms with Crippen LogP contribution in [0.4, 0.5) is 5.82 Å². The fraction of sp³-hybridized carbons (Fsp3) is 0.333. The number of rotatable bonds is 6. The highest BCUT2D eigenvalue weighted by molar-refractivity contribution is 5.93. The summed E-state index contributed by atoms with van der Waals surface area (Å²) < 4.78 is 15.6. The molecule has 1 aromatic carbocycles. The minimum atomic E-state index is -0.604. The lowest BCUT2D eigenvalue weighted by Gasteiger charge is -2.12. The van der Waals surface area contributed by atoms with Crippen molar-refractivity contribution in [2.75, 3.05) is 12.4 Å². The molecule has 1 amide bonds. The van der Waals surface area contributed by atoms with Gasteiger partial charge in [-0.2, -0.15) is 0 Å². The lowest BCUT2D eigenvalue weighted by molar-refractivity contribution is -0.127. The van der Waals surface area contributed by atoms with E-state index >= 15 is 0 Å². The summed E-state index contributed by atoms with van der Waals surface area (Å²) in [6, 6.07) is 9.15. The number of hydrogen-bond acceptors (Lipinski definition) is 5. The molecule has 1 atom stereocenters. The Bertz CT molecular complexity index is 609. The molecule has 0 saturated heterocycles. The molecule has 0 saturated carbocycles. The maximum Gasteiger partial charge on any atom is 0.254 e. The van der Waals surface area contributed by atoms with Crippen molar-refractivity contribution in [1.29, 1.82) is 0 Å². The van der Waals surface area contributed by atoms with Gasteiger partial charge in [0.2, 0.25) is 0 Å². The highest BCUT2D eigenvalue weighted by Crippen LogP contribution is 2.14. The lowest BCUT2D eigenvalue weighted by atomic mass is 10.2.